The third kappa shape index (κ3) is 1.71. The second-order valence-corrected chi connectivity index (χ2v) is 2.23. The highest BCUT2D eigenvalue weighted by atomic mass is 79.9. The Kier molecular flexibility index (Phi) is 2.10. The summed E-state index contributed by atoms with van der Waals surface area (Å²) < 4.78 is 0.606. The Labute approximate surface area is 61.7 Å². The molecule has 0 fully saturated rings. The second-order valence-electron chi connectivity index (χ2n) is 1.52. The highest BCUT2D eigenvalue weighted by molar-refractivity contribution is 9.10. The van der Waals surface area contributed by atoms with Crippen molar-refractivity contribution in [3.63, 3.8) is 0 Å². The zero-order valence-electron chi connectivity index (χ0n) is 5.00. The molecule has 0 aromatic carbocycles. The van der Waals surface area contributed by atoms with Crippen LogP contribution >= 0.6 is 15.9 Å². The number of aromatic nitrogens is 3. The van der Waals surface area contributed by atoms with Gasteiger partial charge in [-0.15, -0.1) is 0 Å². The topological polar surface area (TPSA) is 38.7 Å². The van der Waals surface area contributed by atoms with Crippen molar-refractivity contribution in [1.29, 1.82) is 0 Å². The lowest BCUT2D eigenvalue weighted by molar-refractivity contribution is 0.877. The summed E-state index contributed by atoms with van der Waals surface area (Å²) in [7, 11) is 0. The lowest BCUT2D eigenvalue weighted by atomic mass is 10.5. The molecule has 0 spiro atoms. The molecule has 48 valence electrons. The molecular weight excluding hydrogens is 182 g/mol. The first-order chi connectivity index (χ1) is 4.33. The lowest BCUT2D eigenvalue weighted by Crippen LogP contribution is -1.93. The first-order valence-electron chi connectivity index (χ1n) is 2.66. The zero-order chi connectivity index (χ0) is 6.69. The summed E-state index contributed by atoms with van der Waals surface area (Å²) >= 11 is 3.14. The fourth-order valence-electron chi connectivity index (χ4n) is 0.478. The van der Waals surface area contributed by atoms with Gasteiger partial charge in [-0.05, 0) is 15.9 Å². The molecule has 1 aromatic rings. The summed E-state index contributed by atoms with van der Waals surface area (Å²) in [5.41, 5.74) is 0. The van der Waals surface area contributed by atoms with Crippen LogP contribution < -0.4 is 0 Å². The third-order valence-corrected chi connectivity index (χ3v) is 1.29. The average Bonchev–Trinajstić information content (AvgIpc) is 1.88. The standard InChI is InChI=1S/C5H6BrN3/c1-2-4-7-3-8-5(6)9-4/h3H,2H2,1H3. The van der Waals surface area contributed by atoms with Gasteiger partial charge >= 0.3 is 0 Å². The van der Waals surface area contributed by atoms with Gasteiger partial charge in [0.05, 0.1) is 0 Å². The van der Waals surface area contributed by atoms with Gasteiger partial charge in [0.1, 0.15) is 12.2 Å². The highest BCUT2D eigenvalue weighted by Gasteiger charge is 1.91. The van der Waals surface area contributed by atoms with Crippen molar-refractivity contribution in [1.82, 2.24) is 15.0 Å². The van der Waals surface area contributed by atoms with E-state index in [1.54, 1.807) is 0 Å². The van der Waals surface area contributed by atoms with Crippen molar-refractivity contribution in [3.05, 3.63) is 16.9 Å². The van der Waals surface area contributed by atoms with Crippen LogP contribution in [0.4, 0.5) is 0 Å². The van der Waals surface area contributed by atoms with Crippen LogP contribution in [-0.4, -0.2) is 15.0 Å². The van der Waals surface area contributed by atoms with Crippen molar-refractivity contribution in [3.8, 4) is 0 Å². The van der Waals surface area contributed by atoms with Gasteiger partial charge in [-0.3, -0.25) is 0 Å². The van der Waals surface area contributed by atoms with Crippen molar-refractivity contribution in [2.45, 2.75) is 13.3 Å². The number of halogens is 1. The maximum Gasteiger partial charge on any atom is 0.199 e. The number of hydrogen-bond donors (Lipinski definition) is 0. The van der Waals surface area contributed by atoms with E-state index < -0.39 is 0 Å². The lowest BCUT2D eigenvalue weighted by Gasteiger charge is -1.91. The number of hydrogen-bond acceptors (Lipinski definition) is 3. The van der Waals surface area contributed by atoms with Gasteiger partial charge in [-0.1, -0.05) is 6.92 Å². The molecule has 0 N–H and O–H groups in total. The van der Waals surface area contributed by atoms with Gasteiger partial charge in [0.2, 0.25) is 0 Å². The number of nitrogens with zero attached hydrogens (tertiary/aromatic N) is 3. The van der Waals surface area contributed by atoms with E-state index in [2.05, 4.69) is 30.9 Å². The van der Waals surface area contributed by atoms with E-state index in [1.807, 2.05) is 6.92 Å². The monoisotopic (exact) mass is 187 g/mol. The van der Waals surface area contributed by atoms with Crippen LogP contribution in [0.1, 0.15) is 12.7 Å². The van der Waals surface area contributed by atoms with E-state index in [9.17, 15) is 0 Å². The van der Waals surface area contributed by atoms with E-state index >= 15 is 0 Å². The summed E-state index contributed by atoms with van der Waals surface area (Å²) in [6.45, 7) is 2.00. The first-order valence-corrected chi connectivity index (χ1v) is 3.45. The highest BCUT2D eigenvalue weighted by Crippen LogP contribution is 1.98. The van der Waals surface area contributed by atoms with E-state index in [0.717, 1.165) is 12.2 Å². The Morgan fingerprint density at radius 2 is 2.33 bits per heavy atom. The molecule has 0 saturated heterocycles. The smallest absolute Gasteiger partial charge is 0.199 e. The van der Waals surface area contributed by atoms with Gasteiger partial charge in [-0.2, -0.15) is 0 Å². The quantitative estimate of drug-likeness (QED) is 0.664. The normalized spacial score (nSPS) is 9.56. The van der Waals surface area contributed by atoms with Crippen LogP contribution in [0.5, 0.6) is 0 Å². The summed E-state index contributed by atoms with van der Waals surface area (Å²) in [4.78, 5) is 11.7. The average molecular weight is 188 g/mol. The predicted octanol–water partition coefficient (Wildman–Crippen LogP) is 1.20. The molecule has 0 unspecified atom stereocenters. The molecule has 1 heterocycles. The summed E-state index contributed by atoms with van der Waals surface area (Å²) in [5.74, 6) is 0.817. The Bertz CT molecular complexity index is 201. The SMILES string of the molecule is CCc1ncnc(Br)n1. The Morgan fingerprint density at radius 3 is 2.78 bits per heavy atom. The fraction of sp³-hybridized carbons (Fsp3) is 0.400. The zero-order valence-corrected chi connectivity index (χ0v) is 6.59. The van der Waals surface area contributed by atoms with Crippen LogP contribution in [0.2, 0.25) is 0 Å². The maximum absolute atomic E-state index is 3.99. The molecule has 0 aliphatic rings. The summed E-state index contributed by atoms with van der Waals surface area (Å²) in [6.07, 6.45) is 2.34. The molecule has 0 aliphatic carbocycles. The molecule has 3 nitrogen and oxygen atoms in total. The molecule has 0 amide bonds. The van der Waals surface area contributed by atoms with Gasteiger partial charge in [-0.25, -0.2) is 15.0 Å². The molecule has 0 saturated carbocycles. The minimum atomic E-state index is 0.606. The largest absolute Gasteiger partial charge is 0.221 e. The van der Waals surface area contributed by atoms with Crippen molar-refractivity contribution >= 4 is 15.9 Å². The molecule has 1 rings (SSSR count). The predicted molar refractivity (Wildman–Crippen MR) is 36.9 cm³/mol. The summed E-state index contributed by atoms with van der Waals surface area (Å²) in [5, 5.41) is 0. The van der Waals surface area contributed by atoms with Gasteiger partial charge in [0.25, 0.3) is 0 Å². The number of rotatable bonds is 1. The Balaban J connectivity index is 2.94. The van der Waals surface area contributed by atoms with E-state index in [0.29, 0.717) is 4.73 Å². The van der Waals surface area contributed by atoms with E-state index in [1.165, 1.54) is 6.33 Å². The molecule has 1 aromatic heterocycles. The molecule has 0 aliphatic heterocycles. The van der Waals surface area contributed by atoms with Crippen LogP contribution in [0.3, 0.4) is 0 Å². The van der Waals surface area contributed by atoms with Crippen LogP contribution in [-0.2, 0) is 6.42 Å². The van der Waals surface area contributed by atoms with E-state index in [4.69, 9.17) is 0 Å². The second kappa shape index (κ2) is 2.87. The maximum atomic E-state index is 3.99. The first kappa shape index (κ1) is 6.61. The molecule has 4 heteroatoms. The van der Waals surface area contributed by atoms with Crippen LogP contribution in [0.25, 0.3) is 0 Å². The minimum absolute atomic E-state index is 0.606. The molecule has 0 atom stereocenters. The Hall–Kier alpha value is -0.510. The molecule has 0 radical (unpaired) electrons. The van der Waals surface area contributed by atoms with Crippen LogP contribution in [0.15, 0.2) is 11.1 Å². The van der Waals surface area contributed by atoms with Crippen molar-refractivity contribution < 1.29 is 0 Å². The molecule has 9 heavy (non-hydrogen) atoms. The number of aryl methyl sites for hydroxylation is 1. The molecule has 0 bridgehead atoms. The van der Waals surface area contributed by atoms with Gasteiger partial charge < -0.3 is 0 Å². The van der Waals surface area contributed by atoms with E-state index in [-0.39, 0.29) is 0 Å². The minimum Gasteiger partial charge on any atom is -0.221 e. The van der Waals surface area contributed by atoms with Crippen molar-refractivity contribution in [2.24, 2.45) is 0 Å². The van der Waals surface area contributed by atoms with Gasteiger partial charge in [0.15, 0.2) is 4.73 Å². The Morgan fingerprint density at radius 1 is 1.56 bits per heavy atom. The van der Waals surface area contributed by atoms with Crippen LogP contribution in [0, 0.1) is 0 Å². The van der Waals surface area contributed by atoms with Gasteiger partial charge in [0, 0.05) is 6.42 Å². The third-order valence-electron chi connectivity index (χ3n) is 0.909. The summed E-state index contributed by atoms with van der Waals surface area (Å²) in [6, 6.07) is 0. The van der Waals surface area contributed by atoms with Crippen molar-refractivity contribution in [2.75, 3.05) is 0 Å². The molecular formula is C5H6BrN3. The fourth-order valence-corrected chi connectivity index (χ4v) is 0.774.